The average Bonchev–Trinajstić information content (AvgIpc) is 2.54. The summed E-state index contributed by atoms with van der Waals surface area (Å²) in [5.41, 5.74) is 0.803. The van der Waals surface area contributed by atoms with Crippen LogP contribution in [0.25, 0.3) is 0 Å². The standard InChI is InChI=1S/C16H17NO4/c1-10-16(13-6-4-12(19-3)9-17-13)21-15-8-11(18-2)5-7-14(15)20-10/h4-10,16H,1-3H3. The Kier molecular flexibility index (Phi) is 3.56. The molecule has 2 atom stereocenters. The van der Waals surface area contributed by atoms with E-state index in [1.54, 1.807) is 20.4 Å². The fraction of sp³-hybridized carbons (Fsp3) is 0.312. The molecule has 0 N–H and O–H groups in total. The molecule has 1 aliphatic heterocycles. The van der Waals surface area contributed by atoms with Gasteiger partial charge in [0.2, 0.25) is 0 Å². The van der Waals surface area contributed by atoms with Crippen LogP contribution in [0, 0.1) is 0 Å². The number of hydrogen-bond acceptors (Lipinski definition) is 5. The summed E-state index contributed by atoms with van der Waals surface area (Å²) in [6.07, 6.45) is 1.27. The lowest BCUT2D eigenvalue weighted by molar-refractivity contribution is 0.0279. The summed E-state index contributed by atoms with van der Waals surface area (Å²) in [7, 11) is 3.23. The maximum absolute atomic E-state index is 6.04. The first-order valence-corrected chi connectivity index (χ1v) is 6.72. The Morgan fingerprint density at radius 3 is 2.38 bits per heavy atom. The molecule has 5 nitrogen and oxygen atoms in total. The topological polar surface area (TPSA) is 49.8 Å². The Hall–Kier alpha value is -2.43. The molecule has 0 aliphatic carbocycles. The average molecular weight is 287 g/mol. The summed E-state index contributed by atoms with van der Waals surface area (Å²) >= 11 is 0. The second kappa shape index (κ2) is 5.52. The third kappa shape index (κ3) is 2.59. The lowest BCUT2D eigenvalue weighted by atomic mass is 10.1. The van der Waals surface area contributed by atoms with E-state index in [4.69, 9.17) is 18.9 Å². The molecule has 2 unspecified atom stereocenters. The zero-order valence-corrected chi connectivity index (χ0v) is 12.2. The molecular weight excluding hydrogens is 270 g/mol. The van der Waals surface area contributed by atoms with Crippen molar-refractivity contribution in [3.8, 4) is 23.0 Å². The first-order chi connectivity index (χ1) is 10.2. The van der Waals surface area contributed by atoms with Crippen LogP contribution in [0.2, 0.25) is 0 Å². The molecule has 2 heterocycles. The van der Waals surface area contributed by atoms with Crippen LogP contribution in [0.4, 0.5) is 0 Å². The first kappa shape index (κ1) is 13.5. The van der Waals surface area contributed by atoms with E-state index in [2.05, 4.69) is 4.98 Å². The second-order valence-corrected chi connectivity index (χ2v) is 4.80. The number of aromatic nitrogens is 1. The van der Waals surface area contributed by atoms with Gasteiger partial charge in [0.1, 0.15) is 17.6 Å². The van der Waals surface area contributed by atoms with E-state index in [0.717, 1.165) is 11.4 Å². The summed E-state index contributed by atoms with van der Waals surface area (Å²) in [4.78, 5) is 4.38. The van der Waals surface area contributed by atoms with Crippen LogP contribution in [0.1, 0.15) is 18.7 Å². The van der Waals surface area contributed by atoms with Gasteiger partial charge >= 0.3 is 0 Å². The molecule has 3 rings (SSSR count). The molecule has 110 valence electrons. The van der Waals surface area contributed by atoms with Gasteiger partial charge in [0.05, 0.1) is 26.1 Å². The van der Waals surface area contributed by atoms with E-state index < -0.39 is 0 Å². The molecule has 0 saturated heterocycles. The van der Waals surface area contributed by atoms with Gasteiger partial charge in [-0.1, -0.05) is 0 Å². The van der Waals surface area contributed by atoms with Gasteiger partial charge in [0, 0.05) is 6.07 Å². The maximum atomic E-state index is 6.04. The van der Waals surface area contributed by atoms with Crippen molar-refractivity contribution < 1.29 is 18.9 Å². The summed E-state index contributed by atoms with van der Waals surface area (Å²) in [6.45, 7) is 1.96. The monoisotopic (exact) mass is 287 g/mol. The van der Waals surface area contributed by atoms with Gasteiger partial charge in [-0.15, -0.1) is 0 Å². The summed E-state index contributed by atoms with van der Waals surface area (Å²) in [5, 5.41) is 0. The molecule has 0 radical (unpaired) electrons. The van der Waals surface area contributed by atoms with E-state index in [1.165, 1.54) is 0 Å². The predicted molar refractivity (Wildman–Crippen MR) is 77.2 cm³/mol. The van der Waals surface area contributed by atoms with Crippen molar-refractivity contribution in [1.29, 1.82) is 0 Å². The van der Waals surface area contributed by atoms with Crippen molar-refractivity contribution in [2.75, 3.05) is 14.2 Å². The van der Waals surface area contributed by atoms with E-state index in [0.29, 0.717) is 17.2 Å². The number of methoxy groups -OCH3 is 2. The summed E-state index contributed by atoms with van der Waals surface area (Å²) < 4.78 is 22.3. The third-order valence-corrected chi connectivity index (χ3v) is 3.43. The third-order valence-electron chi connectivity index (χ3n) is 3.43. The second-order valence-electron chi connectivity index (χ2n) is 4.80. The van der Waals surface area contributed by atoms with Crippen LogP contribution in [-0.2, 0) is 0 Å². The number of nitrogens with zero attached hydrogens (tertiary/aromatic N) is 1. The predicted octanol–water partition coefficient (Wildman–Crippen LogP) is 3.00. The molecule has 0 spiro atoms. The number of benzene rings is 1. The molecule has 5 heteroatoms. The van der Waals surface area contributed by atoms with Crippen molar-refractivity contribution in [2.24, 2.45) is 0 Å². The highest BCUT2D eigenvalue weighted by Crippen LogP contribution is 2.41. The van der Waals surface area contributed by atoms with Crippen LogP contribution >= 0.6 is 0 Å². The van der Waals surface area contributed by atoms with Gasteiger partial charge in [-0.2, -0.15) is 0 Å². The van der Waals surface area contributed by atoms with Gasteiger partial charge in [-0.3, -0.25) is 4.98 Å². The zero-order chi connectivity index (χ0) is 14.8. The van der Waals surface area contributed by atoms with E-state index in [1.807, 2.05) is 37.3 Å². The lowest BCUT2D eigenvalue weighted by Gasteiger charge is -2.31. The van der Waals surface area contributed by atoms with Gasteiger partial charge in [-0.05, 0) is 31.2 Å². The van der Waals surface area contributed by atoms with E-state index in [9.17, 15) is 0 Å². The molecular formula is C16H17NO4. The molecule has 0 bridgehead atoms. The number of ether oxygens (including phenoxy) is 4. The first-order valence-electron chi connectivity index (χ1n) is 6.72. The Morgan fingerprint density at radius 1 is 0.952 bits per heavy atom. The number of pyridine rings is 1. The van der Waals surface area contributed by atoms with Crippen molar-refractivity contribution in [3.05, 3.63) is 42.2 Å². The van der Waals surface area contributed by atoms with Crippen LogP contribution < -0.4 is 18.9 Å². The number of hydrogen-bond donors (Lipinski definition) is 0. The minimum Gasteiger partial charge on any atom is -0.497 e. The van der Waals surface area contributed by atoms with Crippen LogP contribution in [0.15, 0.2) is 36.5 Å². The Labute approximate surface area is 123 Å². The summed E-state index contributed by atoms with van der Waals surface area (Å²) in [5.74, 6) is 2.82. The van der Waals surface area contributed by atoms with Crippen LogP contribution in [0.5, 0.6) is 23.0 Å². The molecule has 0 fully saturated rings. The van der Waals surface area contributed by atoms with Crippen LogP contribution in [-0.4, -0.2) is 25.3 Å². The maximum Gasteiger partial charge on any atom is 0.177 e. The highest BCUT2D eigenvalue weighted by molar-refractivity contribution is 5.47. The lowest BCUT2D eigenvalue weighted by Crippen LogP contribution is -2.31. The molecule has 0 amide bonds. The fourth-order valence-electron chi connectivity index (χ4n) is 2.28. The van der Waals surface area contributed by atoms with Gasteiger partial charge in [0.25, 0.3) is 0 Å². The molecule has 2 aromatic rings. The van der Waals surface area contributed by atoms with Crippen molar-refractivity contribution in [2.45, 2.75) is 19.1 Å². The Morgan fingerprint density at radius 2 is 1.71 bits per heavy atom. The minimum absolute atomic E-state index is 0.133. The quantitative estimate of drug-likeness (QED) is 0.868. The zero-order valence-electron chi connectivity index (χ0n) is 12.2. The molecule has 1 aromatic carbocycles. The smallest absolute Gasteiger partial charge is 0.177 e. The SMILES string of the molecule is COc1ccc(C2Oc3cc(OC)ccc3OC2C)nc1. The van der Waals surface area contributed by atoms with Crippen molar-refractivity contribution >= 4 is 0 Å². The number of rotatable bonds is 3. The molecule has 21 heavy (non-hydrogen) atoms. The van der Waals surface area contributed by atoms with Crippen molar-refractivity contribution in [3.63, 3.8) is 0 Å². The van der Waals surface area contributed by atoms with Gasteiger partial charge in [0.15, 0.2) is 17.6 Å². The summed E-state index contributed by atoms with van der Waals surface area (Å²) in [6, 6.07) is 9.26. The Balaban J connectivity index is 1.89. The highest BCUT2D eigenvalue weighted by atomic mass is 16.6. The number of fused-ring (bicyclic) bond motifs is 1. The fourth-order valence-corrected chi connectivity index (χ4v) is 2.28. The molecule has 1 aromatic heterocycles. The van der Waals surface area contributed by atoms with Crippen molar-refractivity contribution in [1.82, 2.24) is 4.98 Å². The molecule has 1 aliphatic rings. The largest absolute Gasteiger partial charge is 0.497 e. The van der Waals surface area contributed by atoms with Gasteiger partial charge < -0.3 is 18.9 Å². The van der Waals surface area contributed by atoms with E-state index in [-0.39, 0.29) is 12.2 Å². The Bertz CT molecular complexity index is 627. The van der Waals surface area contributed by atoms with Crippen LogP contribution in [0.3, 0.4) is 0 Å². The van der Waals surface area contributed by atoms with Gasteiger partial charge in [-0.25, -0.2) is 0 Å². The van der Waals surface area contributed by atoms with E-state index >= 15 is 0 Å². The molecule has 0 saturated carbocycles. The minimum atomic E-state index is -0.268. The normalized spacial score (nSPS) is 20.0. The highest BCUT2D eigenvalue weighted by Gasteiger charge is 2.31.